The number of carbonyl (C=O) groups is 3. The molecule has 39 heavy (non-hydrogen) atoms. The third-order valence-corrected chi connectivity index (χ3v) is 7.36. The van der Waals surface area contributed by atoms with Crippen molar-refractivity contribution in [3.63, 3.8) is 0 Å². The highest BCUT2D eigenvalue weighted by atomic mass is 35.5. The average Bonchev–Trinajstić information content (AvgIpc) is 3.25. The minimum Gasteiger partial charge on any atom is -0.494 e. The Kier molecular flexibility index (Phi) is 8.35. The number of nitrogens with zero attached hydrogens (tertiary/aromatic N) is 2. The highest BCUT2D eigenvalue weighted by molar-refractivity contribution is 6.32. The number of piperidine rings is 1. The molecule has 3 amide bonds. The van der Waals surface area contributed by atoms with Crippen molar-refractivity contribution in [3.8, 4) is 11.6 Å². The molecular weight excluding hydrogens is 524 g/mol. The summed E-state index contributed by atoms with van der Waals surface area (Å²) in [6.45, 7) is 4.82. The Morgan fingerprint density at radius 3 is 2.74 bits per heavy atom. The number of rotatable bonds is 9. The lowest BCUT2D eigenvalue weighted by atomic mass is 10.1. The second-order valence-corrected chi connectivity index (χ2v) is 10.2. The molecule has 5 rings (SSSR count). The number of hydrogen-bond acceptors (Lipinski definition) is 7. The van der Waals surface area contributed by atoms with E-state index in [1.54, 1.807) is 24.4 Å². The summed E-state index contributed by atoms with van der Waals surface area (Å²) in [5, 5.41) is 17.7. The number of amides is 3. The van der Waals surface area contributed by atoms with Crippen LogP contribution in [0.1, 0.15) is 30.0 Å². The van der Waals surface area contributed by atoms with Crippen molar-refractivity contribution in [3.05, 3.63) is 58.7 Å². The number of morpholine rings is 1. The quantitative estimate of drug-likeness (QED) is 0.347. The Bertz CT molecular complexity index is 1380. The maximum Gasteiger partial charge on any atom is 0.249 e. The summed E-state index contributed by atoms with van der Waals surface area (Å²) < 4.78 is 12.7. The minimum atomic E-state index is -0.647. The molecule has 0 radical (unpaired) electrons. The first-order chi connectivity index (χ1) is 18.9. The van der Waals surface area contributed by atoms with E-state index in [2.05, 4.69) is 15.5 Å². The average molecular weight is 555 g/mol. The van der Waals surface area contributed by atoms with E-state index in [1.807, 2.05) is 18.2 Å². The van der Waals surface area contributed by atoms with Crippen LogP contribution in [0.5, 0.6) is 11.6 Å². The van der Waals surface area contributed by atoms with Crippen molar-refractivity contribution in [2.24, 2.45) is 0 Å². The van der Waals surface area contributed by atoms with Gasteiger partial charge in [0.05, 0.1) is 24.7 Å². The molecule has 0 saturated carbocycles. The van der Waals surface area contributed by atoms with E-state index in [0.29, 0.717) is 35.7 Å². The van der Waals surface area contributed by atoms with E-state index in [4.69, 9.17) is 21.1 Å². The van der Waals surface area contributed by atoms with E-state index >= 15 is 0 Å². The molecule has 3 aromatic rings. The predicted molar refractivity (Wildman–Crippen MR) is 145 cm³/mol. The van der Waals surface area contributed by atoms with Crippen molar-refractivity contribution in [1.29, 1.82) is 0 Å². The largest absolute Gasteiger partial charge is 0.494 e. The lowest BCUT2D eigenvalue weighted by Gasteiger charge is -2.26. The third-order valence-electron chi connectivity index (χ3n) is 7.04. The van der Waals surface area contributed by atoms with Gasteiger partial charge in [0.25, 0.3) is 0 Å². The lowest BCUT2D eigenvalue weighted by Crippen LogP contribution is -2.41. The molecule has 2 aliphatic heterocycles. The molecule has 0 aliphatic carbocycles. The fourth-order valence-corrected chi connectivity index (χ4v) is 5.07. The number of ether oxygens (including phenoxy) is 2. The Morgan fingerprint density at radius 1 is 1.15 bits per heavy atom. The van der Waals surface area contributed by atoms with Gasteiger partial charge in [-0.1, -0.05) is 23.7 Å². The molecule has 2 fully saturated rings. The Balaban J connectivity index is 1.16. The van der Waals surface area contributed by atoms with Crippen LogP contribution in [0.25, 0.3) is 10.8 Å². The first-order valence-electron chi connectivity index (χ1n) is 13.0. The zero-order valence-corrected chi connectivity index (χ0v) is 22.2. The number of hydrogen-bond donors (Lipinski definition) is 3. The Hall–Kier alpha value is -3.60. The zero-order valence-electron chi connectivity index (χ0n) is 21.5. The van der Waals surface area contributed by atoms with Gasteiger partial charge < -0.3 is 24.5 Å². The first kappa shape index (κ1) is 27.0. The summed E-state index contributed by atoms with van der Waals surface area (Å²) in [5.74, 6) is -0.360. The van der Waals surface area contributed by atoms with Gasteiger partial charge >= 0.3 is 0 Å². The number of aromatic hydroxyl groups is 1. The summed E-state index contributed by atoms with van der Waals surface area (Å²) in [5.41, 5.74) is 1.64. The molecule has 11 heteroatoms. The molecule has 0 bridgehead atoms. The smallest absolute Gasteiger partial charge is 0.249 e. The van der Waals surface area contributed by atoms with Gasteiger partial charge in [-0.05, 0) is 41.8 Å². The summed E-state index contributed by atoms with van der Waals surface area (Å²) in [7, 11) is 0. The van der Waals surface area contributed by atoms with Crippen molar-refractivity contribution >= 4 is 40.1 Å². The summed E-state index contributed by atoms with van der Waals surface area (Å²) in [6, 6.07) is 10.1. The zero-order chi connectivity index (χ0) is 27.4. The molecule has 2 aliphatic rings. The Labute approximate surface area is 230 Å². The second kappa shape index (κ2) is 12.1. The number of halogens is 1. The normalized spacial score (nSPS) is 18.2. The van der Waals surface area contributed by atoms with Gasteiger partial charge in [-0.3, -0.25) is 24.6 Å². The molecule has 1 unspecified atom stereocenters. The van der Waals surface area contributed by atoms with Crippen LogP contribution in [0.2, 0.25) is 5.02 Å². The van der Waals surface area contributed by atoms with Crippen LogP contribution in [0.4, 0.5) is 0 Å². The van der Waals surface area contributed by atoms with Gasteiger partial charge in [0.2, 0.25) is 17.7 Å². The highest BCUT2D eigenvalue weighted by Gasteiger charge is 2.30. The molecule has 2 saturated heterocycles. The Morgan fingerprint density at radius 2 is 1.95 bits per heavy atom. The lowest BCUT2D eigenvalue weighted by molar-refractivity contribution is -0.135. The second-order valence-electron chi connectivity index (χ2n) is 9.77. The van der Waals surface area contributed by atoms with Crippen LogP contribution < -0.4 is 15.4 Å². The van der Waals surface area contributed by atoms with Crippen LogP contribution in [0, 0.1) is 0 Å². The van der Waals surface area contributed by atoms with Crippen LogP contribution in [0.3, 0.4) is 0 Å². The van der Waals surface area contributed by atoms with Gasteiger partial charge in [-0.15, -0.1) is 0 Å². The van der Waals surface area contributed by atoms with Crippen molar-refractivity contribution < 1.29 is 29.0 Å². The van der Waals surface area contributed by atoms with E-state index < -0.39 is 11.9 Å². The minimum absolute atomic E-state index is 0.0270. The van der Waals surface area contributed by atoms with Crippen LogP contribution in [-0.2, 0) is 32.1 Å². The molecule has 0 spiro atoms. The number of nitrogens with one attached hydrogen (secondary N) is 2. The van der Waals surface area contributed by atoms with E-state index in [-0.39, 0.29) is 30.5 Å². The molecule has 3 heterocycles. The number of carbonyl (C=O) groups excluding carboxylic acids is 3. The fourth-order valence-electron chi connectivity index (χ4n) is 4.89. The van der Waals surface area contributed by atoms with Crippen molar-refractivity contribution in [2.45, 2.75) is 31.8 Å². The summed E-state index contributed by atoms with van der Waals surface area (Å²) in [6.07, 6.45) is 2.42. The monoisotopic (exact) mass is 554 g/mol. The molecule has 3 N–H and O–H groups in total. The van der Waals surface area contributed by atoms with E-state index in [0.717, 1.165) is 49.4 Å². The fraction of sp³-hybridized carbons (Fsp3) is 0.393. The maximum absolute atomic E-state index is 12.7. The topological polar surface area (TPSA) is 122 Å². The number of benzene rings is 2. The van der Waals surface area contributed by atoms with Crippen LogP contribution in [0.15, 0.2) is 42.6 Å². The SMILES string of the molecule is O=C(Cc1ccc(Cl)c(OCCN2CCOCC2)c1)NCc1ccc2c(O)n(C3CCC(=O)NC3=O)cc2c1. The van der Waals surface area contributed by atoms with Gasteiger partial charge in [0.1, 0.15) is 18.4 Å². The molecule has 10 nitrogen and oxygen atoms in total. The van der Waals surface area contributed by atoms with Crippen molar-refractivity contribution in [2.75, 3.05) is 39.5 Å². The van der Waals surface area contributed by atoms with E-state index in [1.165, 1.54) is 4.57 Å². The highest BCUT2D eigenvalue weighted by Crippen LogP contribution is 2.33. The standard InChI is InChI=1S/C28H31ClN4O6/c29-22-4-2-18(14-24(22)39-12-9-32-7-10-38-11-8-32)15-26(35)30-16-19-1-3-21-20(13-19)17-33(28(21)37)23-5-6-25(34)31-27(23)36/h1-4,13-14,17,23,37H,5-12,15-16H2,(H,30,35)(H,31,34,36). The van der Waals surface area contributed by atoms with Gasteiger partial charge in [0, 0.05) is 49.6 Å². The van der Waals surface area contributed by atoms with E-state index in [9.17, 15) is 19.5 Å². The number of fused-ring (bicyclic) bond motifs is 1. The van der Waals surface area contributed by atoms with Gasteiger partial charge in [-0.2, -0.15) is 0 Å². The number of aromatic nitrogens is 1. The van der Waals surface area contributed by atoms with Crippen molar-refractivity contribution in [1.82, 2.24) is 20.1 Å². The van der Waals surface area contributed by atoms with Gasteiger partial charge in [0.15, 0.2) is 5.88 Å². The van der Waals surface area contributed by atoms with Crippen LogP contribution >= 0.6 is 11.6 Å². The molecule has 1 atom stereocenters. The summed E-state index contributed by atoms with van der Waals surface area (Å²) >= 11 is 6.30. The van der Waals surface area contributed by atoms with Gasteiger partial charge in [-0.25, -0.2) is 0 Å². The predicted octanol–water partition coefficient (Wildman–Crippen LogP) is 2.55. The maximum atomic E-state index is 12.7. The number of imide groups is 1. The molecule has 206 valence electrons. The summed E-state index contributed by atoms with van der Waals surface area (Å²) in [4.78, 5) is 38.7. The first-order valence-corrected chi connectivity index (χ1v) is 13.4. The molecular formula is C28H31ClN4O6. The van der Waals surface area contributed by atoms with Crippen LogP contribution in [-0.4, -0.2) is 71.7 Å². The molecule has 2 aromatic carbocycles. The third kappa shape index (κ3) is 6.52. The molecule has 1 aromatic heterocycles.